The molecule has 8 heteroatoms. The van der Waals surface area contributed by atoms with Gasteiger partial charge in [0.15, 0.2) is 17.7 Å². The van der Waals surface area contributed by atoms with Crippen LogP contribution >= 0.6 is 0 Å². The zero-order valence-electron chi connectivity index (χ0n) is 14.0. The first-order valence-corrected chi connectivity index (χ1v) is 7.83. The third-order valence-electron chi connectivity index (χ3n) is 4.12. The minimum atomic E-state index is -2.23. The van der Waals surface area contributed by atoms with Crippen LogP contribution in [0.4, 0.5) is 0 Å². The van der Waals surface area contributed by atoms with Crippen LogP contribution in [0.25, 0.3) is 0 Å². The van der Waals surface area contributed by atoms with Gasteiger partial charge in [0.2, 0.25) is 0 Å². The lowest BCUT2D eigenvalue weighted by Gasteiger charge is -2.29. The minimum absolute atomic E-state index is 0.118. The van der Waals surface area contributed by atoms with Gasteiger partial charge in [0.25, 0.3) is 5.79 Å². The van der Waals surface area contributed by atoms with Crippen molar-refractivity contribution in [1.82, 2.24) is 0 Å². The summed E-state index contributed by atoms with van der Waals surface area (Å²) in [7, 11) is 0. The van der Waals surface area contributed by atoms with Crippen LogP contribution in [0.5, 0.6) is 0 Å². The SMILES string of the molecule is CCOC(=O)C1(O)O[C@H]([C@H]2COC(C)(C)O2)[C@@H]2OC(C)(C)O[C@@H]21. The van der Waals surface area contributed by atoms with Crippen LogP contribution < -0.4 is 0 Å². The molecule has 3 fully saturated rings. The largest absolute Gasteiger partial charge is 0.462 e. The van der Waals surface area contributed by atoms with E-state index in [1.54, 1.807) is 34.6 Å². The van der Waals surface area contributed by atoms with Crippen molar-refractivity contribution in [2.45, 2.75) is 76.4 Å². The van der Waals surface area contributed by atoms with Crippen molar-refractivity contribution in [1.29, 1.82) is 0 Å². The molecule has 8 nitrogen and oxygen atoms in total. The van der Waals surface area contributed by atoms with Gasteiger partial charge in [0, 0.05) is 0 Å². The van der Waals surface area contributed by atoms with E-state index >= 15 is 0 Å². The zero-order valence-corrected chi connectivity index (χ0v) is 14.0. The van der Waals surface area contributed by atoms with Gasteiger partial charge in [-0.2, -0.15) is 0 Å². The first-order chi connectivity index (χ1) is 10.6. The number of aliphatic hydroxyl groups is 1. The van der Waals surface area contributed by atoms with E-state index in [0.717, 1.165) is 0 Å². The van der Waals surface area contributed by atoms with Gasteiger partial charge < -0.3 is 33.5 Å². The third-order valence-corrected chi connectivity index (χ3v) is 4.12. The molecule has 23 heavy (non-hydrogen) atoms. The van der Waals surface area contributed by atoms with E-state index in [4.69, 9.17) is 28.4 Å². The van der Waals surface area contributed by atoms with E-state index in [0.29, 0.717) is 0 Å². The van der Waals surface area contributed by atoms with Crippen LogP contribution in [0, 0.1) is 0 Å². The van der Waals surface area contributed by atoms with Crippen molar-refractivity contribution in [3.63, 3.8) is 0 Å². The molecule has 0 aromatic rings. The highest BCUT2D eigenvalue weighted by molar-refractivity contribution is 5.79. The molecule has 3 aliphatic heterocycles. The second kappa shape index (κ2) is 5.37. The summed E-state index contributed by atoms with van der Waals surface area (Å²) in [6.07, 6.45) is -2.85. The molecule has 3 aliphatic rings. The smallest absolute Gasteiger partial charge is 0.369 e. The number of ether oxygens (including phenoxy) is 6. The number of hydrogen-bond donors (Lipinski definition) is 1. The predicted molar refractivity (Wildman–Crippen MR) is 75.2 cm³/mol. The highest BCUT2D eigenvalue weighted by Crippen LogP contribution is 2.46. The Labute approximate surface area is 134 Å². The van der Waals surface area contributed by atoms with Gasteiger partial charge in [0.05, 0.1) is 13.2 Å². The Morgan fingerprint density at radius 3 is 2.35 bits per heavy atom. The maximum Gasteiger partial charge on any atom is 0.369 e. The number of rotatable bonds is 3. The summed E-state index contributed by atoms with van der Waals surface area (Å²) in [6, 6.07) is 0. The number of esters is 1. The summed E-state index contributed by atoms with van der Waals surface area (Å²) in [6.45, 7) is 9.03. The highest BCUT2D eigenvalue weighted by Gasteiger charge is 2.69. The average Bonchev–Trinajstić information content (AvgIpc) is 3.02. The van der Waals surface area contributed by atoms with Crippen LogP contribution in [0.2, 0.25) is 0 Å². The third kappa shape index (κ3) is 2.88. The summed E-state index contributed by atoms with van der Waals surface area (Å²) < 4.78 is 33.4. The molecule has 3 heterocycles. The zero-order chi connectivity index (χ0) is 17.0. The lowest BCUT2D eigenvalue weighted by molar-refractivity contribution is -0.283. The molecular weight excluding hydrogens is 308 g/mol. The van der Waals surface area contributed by atoms with E-state index in [1.165, 1.54) is 0 Å². The Hall–Kier alpha value is -0.770. The summed E-state index contributed by atoms with van der Waals surface area (Å²) in [5, 5.41) is 10.8. The van der Waals surface area contributed by atoms with E-state index in [1.807, 2.05) is 0 Å². The molecule has 0 aliphatic carbocycles. The molecule has 0 radical (unpaired) electrons. The molecule has 132 valence electrons. The number of fused-ring (bicyclic) bond motifs is 1. The monoisotopic (exact) mass is 332 g/mol. The van der Waals surface area contributed by atoms with Crippen LogP contribution in [-0.4, -0.2) is 66.1 Å². The minimum Gasteiger partial charge on any atom is -0.462 e. The van der Waals surface area contributed by atoms with Crippen LogP contribution in [0.3, 0.4) is 0 Å². The van der Waals surface area contributed by atoms with E-state index in [2.05, 4.69) is 0 Å². The van der Waals surface area contributed by atoms with Gasteiger partial charge in [-0.3, -0.25) is 0 Å². The van der Waals surface area contributed by atoms with E-state index in [9.17, 15) is 9.90 Å². The van der Waals surface area contributed by atoms with Crippen molar-refractivity contribution in [3.8, 4) is 0 Å². The maximum atomic E-state index is 12.2. The van der Waals surface area contributed by atoms with E-state index in [-0.39, 0.29) is 13.2 Å². The molecular formula is C15H24O8. The summed E-state index contributed by atoms with van der Waals surface area (Å²) >= 11 is 0. The highest BCUT2D eigenvalue weighted by atomic mass is 16.8. The van der Waals surface area contributed by atoms with Gasteiger partial charge >= 0.3 is 5.97 Å². The van der Waals surface area contributed by atoms with Gasteiger partial charge in [-0.1, -0.05) is 0 Å². The normalized spacial score (nSPS) is 44.3. The number of carbonyl (C=O) groups excluding carboxylic acids is 1. The van der Waals surface area contributed by atoms with Gasteiger partial charge in [-0.15, -0.1) is 0 Å². The molecule has 0 amide bonds. The fourth-order valence-electron chi connectivity index (χ4n) is 3.24. The molecule has 1 unspecified atom stereocenters. The number of carbonyl (C=O) groups is 1. The standard InChI is InChI=1S/C15H24O8/c1-6-18-12(16)15(17)11-10(21-14(4,5)23-11)9(22-15)8-7-19-13(2,3)20-8/h8-11,17H,6-7H2,1-5H3/t8-,9-,10+,11+,15?/m1/s1. The molecule has 3 saturated heterocycles. The predicted octanol–water partition coefficient (Wildman–Crippen LogP) is 0.308. The summed E-state index contributed by atoms with van der Waals surface area (Å²) in [4.78, 5) is 12.2. The van der Waals surface area contributed by atoms with Gasteiger partial charge in [-0.05, 0) is 34.6 Å². The molecule has 3 rings (SSSR count). The first-order valence-electron chi connectivity index (χ1n) is 7.83. The molecule has 0 aromatic carbocycles. The van der Waals surface area contributed by atoms with Crippen molar-refractivity contribution < 1.29 is 38.3 Å². The van der Waals surface area contributed by atoms with Crippen LogP contribution in [-0.2, 0) is 33.2 Å². The Balaban J connectivity index is 1.86. The number of hydrogen-bond acceptors (Lipinski definition) is 8. The molecule has 0 aromatic heterocycles. The van der Waals surface area contributed by atoms with Crippen molar-refractivity contribution in [2.75, 3.05) is 13.2 Å². The Bertz CT molecular complexity index is 490. The molecule has 0 saturated carbocycles. The first kappa shape index (κ1) is 17.1. The molecule has 5 atom stereocenters. The lowest BCUT2D eigenvalue weighted by Crippen LogP contribution is -2.51. The lowest BCUT2D eigenvalue weighted by atomic mass is 10.0. The second-order valence-electron chi connectivity index (χ2n) is 6.89. The molecule has 1 N–H and O–H groups in total. The van der Waals surface area contributed by atoms with Gasteiger partial charge in [-0.25, -0.2) is 4.79 Å². The fraction of sp³-hybridized carbons (Fsp3) is 0.933. The molecule has 0 spiro atoms. The van der Waals surface area contributed by atoms with E-state index < -0.39 is 47.7 Å². The average molecular weight is 332 g/mol. The van der Waals surface area contributed by atoms with Crippen molar-refractivity contribution in [3.05, 3.63) is 0 Å². The maximum absolute atomic E-state index is 12.2. The fourth-order valence-corrected chi connectivity index (χ4v) is 3.24. The van der Waals surface area contributed by atoms with Crippen LogP contribution in [0.1, 0.15) is 34.6 Å². The van der Waals surface area contributed by atoms with Crippen LogP contribution in [0.15, 0.2) is 0 Å². The van der Waals surface area contributed by atoms with Crippen molar-refractivity contribution >= 4 is 5.97 Å². The topological polar surface area (TPSA) is 92.7 Å². The Kier molecular flexibility index (Phi) is 3.98. The quantitative estimate of drug-likeness (QED) is 0.738. The Morgan fingerprint density at radius 2 is 1.78 bits per heavy atom. The summed E-state index contributed by atoms with van der Waals surface area (Å²) in [5.41, 5.74) is 0. The molecule has 0 bridgehead atoms. The second-order valence-corrected chi connectivity index (χ2v) is 6.89. The van der Waals surface area contributed by atoms with Gasteiger partial charge in [0.1, 0.15) is 18.3 Å². The van der Waals surface area contributed by atoms with Crippen molar-refractivity contribution in [2.24, 2.45) is 0 Å². The summed E-state index contributed by atoms with van der Waals surface area (Å²) in [5.74, 6) is -4.83. The Morgan fingerprint density at radius 1 is 1.09 bits per heavy atom.